The molecule has 0 radical (unpaired) electrons. The fraction of sp³-hybridized carbons (Fsp3) is 0.407. The van der Waals surface area contributed by atoms with Crippen molar-refractivity contribution in [3.63, 3.8) is 0 Å². The molecule has 1 aromatic heterocycles. The van der Waals surface area contributed by atoms with Crippen LogP contribution in [0.4, 0.5) is 5.82 Å². The van der Waals surface area contributed by atoms with Crippen molar-refractivity contribution in [1.82, 2.24) is 9.78 Å². The Labute approximate surface area is 195 Å². The first kappa shape index (κ1) is 21.6. The van der Waals surface area contributed by atoms with Crippen LogP contribution in [0.3, 0.4) is 0 Å². The summed E-state index contributed by atoms with van der Waals surface area (Å²) in [7, 11) is 0. The number of para-hydroxylation sites is 1. The summed E-state index contributed by atoms with van der Waals surface area (Å²) in [5.74, 6) is 3.30. The molecule has 0 bridgehead atoms. The lowest BCUT2D eigenvalue weighted by atomic mass is 9.76. The zero-order chi connectivity index (χ0) is 22.8. The SMILES string of the molecule is CCC1CCC(C2CCNc3c(C(N)=O)c(-c4ccc(Oc5ccccc5)cc4)nn32)CC1. The summed E-state index contributed by atoms with van der Waals surface area (Å²) in [5, 5.41) is 8.37. The van der Waals surface area contributed by atoms with E-state index in [0.717, 1.165) is 41.8 Å². The molecular formula is C27H32N4O2. The molecule has 1 unspecified atom stereocenters. The molecule has 3 N–H and O–H groups in total. The van der Waals surface area contributed by atoms with E-state index in [0.29, 0.717) is 23.2 Å². The number of primary amides is 1. The van der Waals surface area contributed by atoms with E-state index in [4.69, 9.17) is 15.6 Å². The van der Waals surface area contributed by atoms with E-state index in [1.165, 1.54) is 32.1 Å². The first-order valence-electron chi connectivity index (χ1n) is 12.1. The van der Waals surface area contributed by atoms with Gasteiger partial charge in [-0.1, -0.05) is 44.4 Å². The molecule has 1 amide bonds. The van der Waals surface area contributed by atoms with Gasteiger partial charge in [0.1, 0.15) is 28.6 Å². The predicted octanol–water partition coefficient (Wildman–Crippen LogP) is 6.01. The molecular weight excluding hydrogens is 412 g/mol. The number of nitrogens with zero attached hydrogens (tertiary/aromatic N) is 2. The number of nitrogens with one attached hydrogen (secondary N) is 1. The molecule has 1 aliphatic heterocycles. The lowest BCUT2D eigenvalue weighted by Gasteiger charge is -2.36. The molecule has 1 saturated carbocycles. The number of rotatable bonds is 6. The number of ether oxygens (including phenoxy) is 1. The smallest absolute Gasteiger partial charge is 0.254 e. The lowest BCUT2D eigenvalue weighted by Crippen LogP contribution is -2.32. The standard InChI is InChI=1S/C27H32N4O2/c1-2-18-8-10-19(11-9-18)23-16-17-29-27-24(26(28)32)25(30-31(23)27)20-12-14-22(15-13-20)33-21-6-4-3-5-7-21/h3-7,12-15,18-19,23,29H,2,8-11,16-17H2,1H3,(H2,28,32). The molecule has 3 aromatic rings. The average molecular weight is 445 g/mol. The monoisotopic (exact) mass is 444 g/mol. The third kappa shape index (κ3) is 4.34. The number of fused-ring (bicyclic) bond motifs is 1. The topological polar surface area (TPSA) is 82.2 Å². The van der Waals surface area contributed by atoms with Crippen molar-refractivity contribution in [2.24, 2.45) is 17.6 Å². The number of hydrogen-bond acceptors (Lipinski definition) is 4. The third-order valence-corrected chi connectivity index (χ3v) is 7.32. The van der Waals surface area contributed by atoms with Gasteiger partial charge in [0.25, 0.3) is 5.91 Å². The van der Waals surface area contributed by atoms with Crippen molar-refractivity contribution in [2.45, 2.75) is 51.5 Å². The van der Waals surface area contributed by atoms with Crippen molar-refractivity contribution < 1.29 is 9.53 Å². The molecule has 5 rings (SSSR count). The summed E-state index contributed by atoms with van der Waals surface area (Å²) in [6.07, 6.45) is 7.34. The summed E-state index contributed by atoms with van der Waals surface area (Å²) in [5.41, 5.74) is 7.85. The molecule has 2 aliphatic rings. The fourth-order valence-electron chi connectivity index (χ4n) is 5.46. The predicted molar refractivity (Wildman–Crippen MR) is 131 cm³/mol. The molecule has 1 fully saturated rings. The van der Waals surface area contributed by atoms with Gasteiger partial charge in [-0.15, -0.1) is 0 Å². The highest BCUT2D eigenvalue weighted by Crippen LogP contribution is 2.43. The lowest BCUT2D eigenvalue weighted by molar-refractivity contribution is 0.100. The van der Waals surface area contributed by atoms with Crippen LogP contribution in [0, 0.1) is 11.8 Å². The van der Waals surface area contributed by atoms with Gasteiger partial charge in [-0.05, 0) is 67.5 Å². The van der Waals surface area contributed by atoms with E-state index in [1.54, 1.807) is 0 Å². The summed E-state index contributed by atoms with van der Waals surface area (Å²) >= 11 is 0. The van der Waals surface area contributed by atoms with E-state index >= 15 is 0 Å². The summed E-state index contributed by atoms with van der Waals surface area (Å²) < 4.78 is 7.97. The van der Waals surface area contributed by atoms with Gasteiger partial charge in [0, 0.05) is 12.1 Å². The molecule has 2 heterocycles. The van der Waals surface area contributed by atoms with Gasteiger partial charge in [0.15, 0.2) is 0 Å². The largest absolute Gasteiger partial charge is 0.457 e. The van der Waals surface area contributed by atoms with Gasteiger partial charge in [0.2, 0.25) is 0 Å². The maximum Gasteiger partial charge on any atom is 0.254 e. The first-order valence-corrected chi connectivity index (χ1v) is 12.1. The number of carbonyl (C=O) groups excluding carboxylic acids is 1. The number of hydrogen-bond donors (Lipinski definition) is 2. The minimum absolute atomic E-state index is 0.312. The first-order chi connectivity index (χ1) is 16.1. The highest BCUT2D eigenvalue weighted by atomic mass is 16.5. The summed E-state index contributed by atoms with van der Waals surface area (Å²) in [6.45, 7) is 3.14. The Balaban J connectivity index is 1.44. The highest BCUT2D eigenvalue weighted by molar-refractivity contribution is 6.03. The second kappa shape index (κ2) is 9.30. The van der Waals surface area contributed by atoms with E-state index in [9.17, 15) is 4.79 Å². The normalized spacial score (nSPS) is 22.3. The molecule has 0 saturated heterocycles. The molecule has 6 heteroatoms. The Morgan fingerprint density at radius 2 is 1.73 bits per heavy atom. The summed E-state index contributed by atoms with van der Waals surface area (Å²) in [4.78, 5) is 12.5. The van der Waals surface area contributed by atoms with Gasteiger partial charge in [-0.25, -0.2) is 4.68 Å². The van der Waals surface area contributed by atoms with Crippen LogP contribution < -0.4 is 15.8 Å². The van der Waals surface area contributed by atoms with Gasteiger partial charge in [-0.3, -0.25) is 4.79 Å². The Bertz CT molecular complexity index is 1100. The van der Waals surface area contributed by atoms with Crippen LogP contribution in [0.25, 0.3) is 11.3 Å². The number of aromatic nitrogens is 2. The second-order valence-electron chi connectivity index (χ2n) is 9.29. The second-order valence-corrected chi connectivity index (χ2v) is 9.29. The zero-order valence-electron chi connectivity index (χ0n) is 19.2. The van der Waals surface area contributed by atoms with Crippen molar-refractivity contribution in [1.29, 1.82) is 0 Å². The number of anilines is 1. The molecule has 0 spiro atoms. The molecule has 1 aliphatic carbocycles. The molecule has 6 nitrogen and oxygen atoms in total. The average Bonchev–Trinajstić information content (AvgIpc) is 3.25. The van der Waals surface area contributed by atoms with Gasteiger partial charge in [0.05, 0.1) is 6.04 Å². The minimum atomic E-state index is -0.446. The van der Waals surface area contributed by atoms with Crippen LogP contribution >= 0.6 is 0 Å². The van der Waals surface area contributed by atoms with Crippen molar-refractivity contribution in [3.05, 3.63) is 60.2 Å². The van der Waals surface area contributed by atoms with E-state index in [-0.39, 0.29) is 0 Å². The molecule has 172 valence electrons. The van der Waals surface area contributed by atoms with Crippen LogP contribution in [0.5, 0.6) is 11.5 Å². The van der Waals surface area contributed by atoms with Crippen LogP contribution in [0.1, 0.15) is 61.8 Å². The Morgan fingerprint density at radius 3 is 2.39 bits per heavy atom. The summed E-state index contributed by atoms with van der Waals surface area (Å²) in [6, 6.07) is 17.7. The Morgan fingerprint density at radius 1 is 1.03 bits per heavy atom. The molecule has 1 atom stereocenters. The quantitative estimate of drug-likeness (QED) is 0.487. The maximum absolute atomic E-state index is 12.5. The van der Waals surface area contributed by atoms with Crippen molar-refractivity contribution in [2.75, 3.05) is 11.9 Å². The zero-order valence-corrected chi connectivity index (χ0v) is 19.2. The van der Waals surface area contributed by atoms with Gasteiger partial charge < -0.3 is 15.8 Å². The number of nitrogens with two attached hydrogens (primary N) is 1. The van der Waals surface area contributed by atoms with Crippen LogP contribution in [-0.4, -0.2) is 22.2 Å². The van der Waals surface area contributed by atoms with Gasteiger partial charge in [-0.2, -0.15) is 5.10 Å². The van der Waals surface area contributed by atoms with Crippen molar-refractivity contribution in [3.8, 4) is 22.8 Å². The fourth-order valence-corrected chi connectivity index (χ4v) is 5.46. The van der Waals surface area contributed by atoms with Crippen LogP contribution in [0.15, 0.2) is 54.6 Å². The number of amides is 1. The molecule has 2 aromatic carbocycles. The highest BCUT2D eigenvalue weighted by Gasteiger charge is 2.35. The minimum Gasteiger partial charge on any atom is -0.457 e. The maximum atomic E-state index is 12.5. The van der Waals surface area contributed by atoms with Gasteiger partial charge >= 0.3 is 0 Å². The number of carbonyl (C=O) groups is 1. The van der Waals surface area contributed by atoms with Crippen molar-refractivity contribution >= 4 is 11.7 Å². The van der Waals surface area contributed by atoms with Crippen LogP contribution in [0.2, 0.25) is 0 Å². The molecule has 33 heavy (non-hydrogen) atoms. The Hall–Kier alpha value is -3.28. The van der Waals surface area contributed by atoms with E-state index < -0.39 is 5.91 Å². The number of benzene rings is 2. The van der Waals surface area contributed by atoms with E-state index in [2.05, 4.69) is 16.9 Å². The van der Waals surface area contributed by atoms with Crippen LogP contribution in [-0.2, 0) is 0 Å². The third-order valence-electron chi connectivity index (χ3n) is 7.32. The Kier molecular flexibility index (Phi) is 6.07. The van der Waals surface area contributed by atoms with E-state index in [1.807, 2.05) is 54.6 Å².